The summed E-state index contributed by atoms with van der Waals surface area (Å²) in [5.74, 6) is 4.20. The fourth-order valence-electron chi connectivity index (χ4n) is 9.35. The normalized spacial score (nSPS) is 40.2. The Labute approximate surface area is 222 Å². The zero-order valence-corrected chi connectivity index (χ0v) is 24.7. The summed E-state index contributed by atoms with van der Waals surface area (Å²) in [4.78, 5) is 13.1. The number of carbonyl (C=O) groups excluding carboxylic acids is 1. The Balaban J connectivity index is 0.00000115. The fraction of sp³-hybridized carbons (Fsp3) is 0.906. The van der Waals surface area contributed by atoms with E-state index in [4.69, 9.17) is 4.74 Å². The first-order chi connectivity index (χ1) is 17.0. The molecule has 4 aliphatic carbocycles. The maximum atomic E-state index is 13.1. The van der Waals surface area contributed by atoms with E-state index >= 15 is 0 Å². The Morgan fingerprint density at radius 1 is 1.14 bits per heavy atom. The summed E-state index contributed by atoms with van der Waals surface area (Å²) in [6.07, 6.45) is 13.9. The predicted octanol–water partition coefficient (Wildman–Crippen LogP) is 7.01. The van der Waals surface area contributed by atoms with Crippen molar-refractivity contribution in [3.8, 4) is 0 Å². The van der Waals surface area contributed by atoms with Gasteiger partial charge in [0.2, 0.25) is 0 Å². The molecule has 1 unspecified atom stereocenters. The molecule has 0 aliphatic heterocycles. The predicted molar refractivity (Wildman–Crippen MR) is 150 cm³/mol. The van der Waals surface area contributed by atoms with Crippen LogP contribution in [0.4, 0.5) is 0 Å². The highest BCUT2D eigenvalue weighted by Gasteiger charge is 2.62. The van der Waals surface area contributed by atoms with Gasteiger partial charge in [0.1, 0.15) is 0 Å². The fourth-order valence-corrected chi connectivity index (χ4v) is 9.35. The summed E-state index contributed by atoms with van der Waals surface area (Å²) in [6.45, 7) is 14.5. The van der Waals surface area contributed by atoms with E-state index in [1.807, 2.05) is 21.0 Å². The summed E-state index contributed by atoms with van der Waals surface area (Å²) >= 11 is 0. The average Bonchev–Trinajstić information content (AvgIpc) is 3.17. The molecule has 4 rings (SSSR count). The summed E-state index contributed by atoms with van der Waals surface area (Å²) in [7, 11) is 3.75. The first-order valence-corrected chi connectivity index (χ1v) is 15.2. The lowest BCUT2D eigenvalue weighted by molar-refractivity contribution is -0.161. The van der Waals surface area contributed by atoms with Crippen molar-refractivity contribution in [2.75, 3.05) is 20.7 Å². The molecule has 0 saturated heterocycles. The van der Waals surface area contributed by atoms with E-state index < -0.39 is 6.10 Å². The minimum atomic E-state index is -0.410. The van der Waals surface area contributed by atoms with Crippen LogP contribution in [0.25, 0.3) is 0 Å². The molecule has 0 heterocycles. The number of hydrogen-bond donors (Lipinski definition) is 2. The molecular formula is C32H57NO3. The average molecular weight is 504 g/mol. The number of nitrogens with one attached hydrogen (secondary N) is 1. The van der Waals surface area contributed by atoms with Crippen LogP contribution in [0.15, 0.2) is 11.6 Å². The number of fused-ring (bicyclic) bond motifs is 5. The van der Waals surface area contributed by atoms with Crippen LogP contribution < -0.4 is 5.32 Å². The number of ether oxygens (including phenoxy) is 1. The molecule has 36 heavy (non-hydrogen) atoms. The van der Waals surface area contributed by atoms with Crippen molar-refractivity contribution < 1.29 is 14.6 Å². The van der Waals surface area contributed by atoms with Crippen molar-refractivity contribution >= 4 is 5.97 Å². The molecule has 0 aromatic heterocycles. The Morgan fingerprint density at radius 2 is 1.83 bits per heavy atom. The molecule has 4 nitrogen and oxygen atoms in total. The number of carbonyl (C=O) groups is 1. The highest BCUT2D eigenvalue weighted by Crippen LogP contribution is 2.68. The smallest absolute Gasteiger partial charge is 0.309 e. The minimum absolute atomic E-state index is 0.0818. The van der Waals surface area contributed by atoms with E-state index in [0.717, 1.165) is 36.5 Å². The number of allylic oxidation sites excluding steroid dienone is 1. The van der Waals surface area contributed by atoms with Crippen LogP contribution in [0, 0.1) is 52.3 Å². The lowest BCUT2D eigenvalue weighted by atomic mass is 9.44. The van der Waals surface area contributed by atoms with Crippen molar-refractivity contribution in [1.82, 2.24) is 5.32 Å². The lowest BCUT2D eigenvalue weighted by Crippen LogP contribution is -2.55. The summed E-state index contributed by atoms with van der Waals surface area (Å²) < 4.78 is 5.56. The highest BCUT2D eigenvalue weighted by atomic mass is 16.5. The third-order valence-electron chi connectivity index (χ3n) is 11.0. The Hall–Kier alpha value is -0.870. The lowest BCUT2D eigenvalue weighted by Gasteiger charge is -2.60. The van der Waals surface area contributed by atoms with Gasteiger partial charge in [-0.15, -0.1) is 0 Å². The molecule has 0 spiro atoms. The number of hydrogen-bond acceptors (Lipinski definition) is 4. The third-order valence-corrected chi connectivity index (χ3v) is 11.0. The zero-order chi connectivity index (χ0) is 26.7. The summed E-state index contributed by atoms with van der Waals surface area (Å²) in [5, 5.41) is 13.3. The zero-order valence-electron chi connectivity index (χ0n) is 24.7. The monoisotopic (exact) mass is 503 g/mol. The van der Waals surface area contributed by atoms with Crippen LogP contribution in [0.2, 0.25) is 0 Å². The maximum absolute atomic E-state index is 13.1. The topological polar surface area (TPSA) is 58.6 Å². The molecule has 3 fully saturated rings. The number of esters is 1. The second-order valence-electron chi connectivity index (χ2n) is 13.6. The standard InChI is InChI=1S/C30H50O3.C2H7N/c1-7-33-28(32)27-18-22(31)17-21-11-12-23-25-14-13-24(20(4)10-8-9-19(2)3)29(25,5)16-15-26(23)30(21,27)6;1-3-2/h11,19-20,22-27,31H,7-10,12-18H2,1-6H3;3H,1-2H3/t20-,22-,23+,24-,25+,26+,27?,29-,30+;/m1./s1. The molecule has 0 radical (unpaired) electrons. The van der Waals surface area contributed by atoms with Gasteiger partial charge in [-0.2, -0.15) is 0 Å². The van der Waals surface area contributed by atoms with Gasteiger partial charge in [-0.25, -0.2) is 0 Å². The van der Waals surface area contributed by atoms with E-state index in [9.17, 15) is 9.90 Å². The van der Waals surface area contributed by atoms with Crippen LogP contribution in [0.5, 0.6) is 0 Å². The third kappa shape index (κ3) is 5.60. The Morgan fingerprint density at radius 3 is 2.47 bits per heavy atom. The van der Waals surface area contributed by atoms with Crippen LogP contribution in [-0.2, 0) is 9.53 Å². The summed E-state index contributed by atoms with van der Waals surface area (Å²) in [5.41, 5.74) is 1.66. The molecule has 208 valence electrons. The van der Waals surface area contributed by atoms with Crippen LogP contribution in [0.1, 0.15) is 106 Å². The first-order valence-electron chi connectivity index (χ1n) is 15.2. The van der Waals surface area contributed by atoms with Crippen molar-refractivity contribution in [2.24, 2.45) is 52.3 Å². The Bertz CT molecular complexity index is 762. The second-order valence-corrected chi connectivity index (χ2v) is 13.6. The molecule has 3 saturated carbocycles. The molecule has 0 amide bonds. The molecule has 0 aromatic rings. The van der Waals surface area contributed by atoms with Gasteiger partial charge in [0.05, 0.1) is 18.6 Å². The molecule has 2 N–H and O–H groups in total. The van der Waals surface area contributed by atoms with Crippen LogP contribution in [0.3, 0.4) is 0 Å². The van der Waals surface area contributed by atoms with Gasteiger partial charge in [-0.05, 0) is 107 Å². The SMILES string of the molecule is CCOC(=O)C1C[C@H](O)CC2=CC[C@H]3[C@@H]4CC[C@H]([C@H](C)CCCC(C)C)[C@@]4(C)CC[C@@H]3[C@]21C.CNC. The number of rotatable bonds is 7. The molecule has 9 atom stereocenters. The van der Waals surface area contributed by atoms with Gasteiger partial charge in [-0.1, -0.05) is 65.5 Å². The van der Waals surface area contributed by atoms with E-state index in [2.05, 4.69) is 46.0 Å². The van der Waals surface area contributed by atoms with E-state index in [1.54, 1.807) is 0 Å². The Kier molecular flexibility index (Phi) is 10.2. The van der Waals surface area contributed by atoms with Gasteiger partial charge >= 0.3 is 5.97 Å². The van der Waals surface area contributed by atoms with E-state index in [-0.39, 0.29) is 17.3 Å². The van der Waals surface area contributed by atoms with Gasteiger partial charge in [0.25, 0.3) is 0 Å². The quantitative estimate of drug-likeness (QED) is 0.290. The molecule has 4 aliphatic rings. The minimum Gasteiger partial charge on any atom is -0.466 e. The van der Waals surface area contributed by atoms with Crippen molar-refractivity contribution in [2.45, 2.75) is 112 Å². The van der Waals surface area contributed by atoms with Gasteiger partial charge in [0, 0.05) is 5.41 Å². The largest absolute Gasteiger partial charge is 0.466 e. The summed E-state index contributed by atoms with van der Waals surface area (Å²) in [6, 6.07) is 0. The van der Waals surface area contributed by atoms with Crippen LogP contribution in [-0.4, -0.2) is 37.9 Å². The molecule has 4 heteroatoms. The number of aliphatic hydroxyl groups excluding tert-OH is 1. The molecular weight excluding hydrogens is 446 g/mol. The number of aliphatic hydroxyl groups is 1. The molecule has 0 bridgehead atoms. The van der Waals surface area contributed by atoms with Crippen molar-refractivity contribution in [3.63, 3.8) is 0 Å². The first kappa shape index (κ1) is 29.7. The van der Waals surface area contributed by atoms with Gasteiger partial charge in [0.15, 0.2) is 0 Å². The van der Waals surface area contributed by atoms with E-state index in [1.165, 1.54) is 50.5 Å². The van der Waals surface area contributed by atoms with E-state index in [0.29, 0.717) is 30.3 Å². The van der Waals surface area contributed by atoms with Gasteiger partial charge < -0.3 is 15.2 Å². The van der Waals surface area contributed by atoms with Crippen molar-refractivity contribution in [3.05, 3.63) is 11.6 Å². The van der Waals surface area contributed by atoms with Gasteiger partial charge in [-0.3, -0.25) is 4.79 Å². The van der Waals surface area contributed by atoms with Crippen molar-refractivity contribution in [1.29, 1.82) is 0 Å². The molecule has 0 aromatic carbocycles. The van der Waals surface area contributed by atoms with Crippen LogP contribution >= 0.6 is 0 Å². The maximum Gasteiger partial charge on any atom is 0.309 e. The highest BCUT2D eigenvalue weighted by molar-refractivity contribution is 5.75. The second kappa shape index (κ2) is 12.3.